The largest absolute Gasteiger partial charge is 0.495 e. The Hall–Kier alpha value is -1.07. The molecule has 2 fully saturated rings. The molecule has 0 aromatic carbocycles. The molecule has 4 nitrogen and oxygen atoms in total. The highest BCUT2D eigenvalue weighted by Crippen LogP contribution is 2.40. The number of amides is 1. The van der Waals surface area contributed by atoms with E-state index in [4.69, 9.17) is 4.74 Å². The first-order valence-corrected chi connectivity index (χ1v) is 8.24. The number of methoxy groups -OCH3 is 1. The van der Waals surface area contributed by atoms with Gasteiger partial charge < -0.3 is 15.0 Å². The molecule has 20 heavy (non-hydrogen) atoms. The van der Waals surface area contributed by atoms with Crippen molar-refractivity contribution in [2.75, 3.05) is 33.3 Å². The number of thiophene rings is 1. The van der Waals surface area contributed by atoms with E-state index in [1.165, 1.54) is 24.2 Å². The lowest BCUT2D eigenvalue weighted by Gasteiger charge is -2.44. The van der Waals surface area contributed by atoms with Crippen LogP contribution in [0.4, 0.5) is 0 Å². The number of carbonyl (C=O) groups excluding carboxylic acids is 1. The summed E-state index contributed by atoms with van der Waals surface area (Å²) in [4.78, 5) is 15.3. The van der Waals surface area contributed by atoms with E-state index in [9.17, 15) is 4.79 Å². The van der Waals surface area contributed by atoms with Crippen molar-refractivity contribution in [3.05, 3.63) is 16.3 Å². The van der Waals surface area contributed by atoms with Crippen molar-refractivity contribution in [2.45, 2.75) is 25.7 Å². The zero-order valence-electron chi connectivity index (χ0n) is 12.0. The molecule has 1 amide bonds. The molecule has 5 heteroatoms. The summed E-state index contributed by atoms with van der Waals surface area (Å²) in [5, 5.41) is 5.35. The third-order valence-electron chi connectivity index (χ3n) is 4.82. The molecule has 1 aromatic heterocycles. The minimum Gasteiger partial charge on any atom is -0.495 e. The highest BCUT2D eigenvalue weighted by molar-refractivity contribution is 7.12. The molecular weight excluding hydrogens is 272 g/mol. The van der Waals surface area contributed by atoms with E-state index < -0.39 is 0 Å². The molecule has 2 saturated heterocycles. The summed E-state index contributed by atoms with van der Waals surface area (Å²) in [5.41, 5.74) is 0.488. The zero-order valence-corrected chi connectivity index (χ0v) is 12.8. The third kappa shape index (κ3) is 2.56. The molecule has 0 atom stereocenters. The number of hydrogen-bond donors (Lipinski definition) is 1. The number of rotatable bonds is 2. The minimum absolute atomic E-state index is 0.139. The van der Waals surface area contributed by atoms with Crippen LogP contribution in [0, 0.1) is 5.41 Å². The molecule has 1 spiro atoms. The van der Waals surface area contributed by atoms with Gasteiger partial charge in [0.1, 0.15) is 10.6 Å². The number of likely N-dealkylation sites (tertiary alicyclic amines) is 1. The van der Waals surface area contributed by atoms with Crippen LogP contribution in [0.5, 0.6) is 5.75 Å². The zero-order chi connectivity index (χ0) is 14.0. The van der Waals surface area contributed by atoms with Gasteiger partial charge in [0.25, 0.3) is 5.91 Å². The number of piperidine rings is 2. The van der Waals surface area contributed by atoms with Crippen LogP contribution in [0.15, 0.2) is 11.4 Å². The molecule has 0 radical (unpaired) electrons. The monoisotopic (exact) mass is 294 g/mol. The molecule has 0 aliphatic carbocycles. The SMILES string of the molecule is COc1ccsc1C(=O)N1CCC2(CCNCC2)CC1. The van der Waals surface area contributed by atoms with Crippen molar-refractivity contribution in [3.8, 4) is 5.75 Å². The van der Waals surface area contributed by atoms with E-state index in [2.05, 4.69) is 5.32 Å². The first-order chi connectivity index (χ1) is 9.74. The van der Waals surface area contributed by atoms with Gasteiger partial charge in [-0.3, -0.25) is 4.79 Å². The van der Waals surface area contributed by atoms with Gasteiger partial charge in [0.2, 0.25) is 0 Å². The summed E-state index contributed by atoms with van der Waals surface area (Å²) < 4.78 is 5.26. The molecule has 3 heterocycles. The topological polar surface area (TPSA) is 41.6 Å². The summed E-state index contributed by atoms with van der Waals surface area (Å²) in [6.07, 6.45) is 4.82. The minimum atomic E-state index is 0.139. The fourth-order valence-electron chi connectivity index (χ4n) is 3.40. The first-order valence-electron chi connectivity index (χ1n) is 7.36. The Bertz CT molecular complexity index is 470. The second kappa shape index (κ2) is 5.74. The molecule has 110 valence electrons. The predicted molar refractivity (Wildman–Crippen MR) is 80.5 cm³/mol. The van der Waals surface area contributed by atoms with Crippen molar-refractivity contribution < 1.29 is 9.53 Å². The van der Waals surface area contributed by atoms with Crippen LogP contribution in [-0.4, -0.2) is 44.1 Å². The maximum Gasteiger partial charge on any atom is 0.267 e. The van der Waals surface area contributed by atoms with E-state index in [0.29, 0.717) is 11.2 Å². The molecule has 2 aliphatic heterocycles. The van der Waals surface area contributed by atoms with E-state index in [1.54, 1.807) is 7.11 Å². The molecule has 3 rings (SSSR count). The molecule has 0 saturated carbocycles. The number of nitrogens with zero attached hydrogens (tertiary/aromatic N) is 1. The van der Waals surface area contributed by atoms with Crippen molar-refractivity contribution in [1.82, 2.24) is 10.2 Å². The standard InChI is InChI=1S/C15H22N2O2S/c1-19-12-2-11-20-13(12)14(18)17-9-5-15(6-10-17)3-7-16-8-4-15/h2,11,16H,3-10H2,1H3. The molecular formula is C15H22N2O2S. The second-order valence-electron chi connectivity index (χ2n) is 5.86. The van der Waals surface area contributed by atoms with Crippen LogP contribution in [0.2, 0.25) is 0 Å². The number of hydrogen-bond acceptors (Lipinski definition) is 4. The van der Waals surface area contributed by atoms with Gasteiger partial charge in [0.05, 0.1) is 7.11 Å². The lowest BCUT2D eigenvalue weighted by atomic mass is 9.71. The van der Waals surface area contributed by atoms with Crippen LogP contribution >= 0.6 is 11.3 Å². The maximum absolute atomic E-state index is 12.6. The number of ether oxygens (including phenoxy) is 1. The Morgan fingerprint density at radius 2 is 2.00 bits per heavy atom. The Morgan fingerprint density at radius 3 is 2.65 bits per heavy atom. The summed E-state index contributed by atoms with van der Waals surface area (Å²) in [6, 6.07) is 1.87. The summed E-state index contributed by atoms with van der Waals surface area (Å²) in [6.45, 7) is 4.04. The quantitative estimate of drug-likeness (QED) is 0.910. The second-order valence-corrected chi connectivity index (χ2v) is 6.78. The van der Waals surface area contributed by atoms with Crippen LogP contribution < -0.4 is 10.1 Å². The number of nitrogens with one attached hydrogen (secondary N) is 1. The Morgan fingerprint density at radius 1 is 1.30 bits per heavy atom. The molecule has 1 aromatic rings. The fraction of sp³-hybridized carbons (Fsp3) is 0.667. The smallest absolute Gasteiger partial charge is 0.267 e. The third-order valence-corrected chi connectivity index (χ3v) is 5.70. The van der Waals surface area contributed by atoms with Gasteiger partial charge in [-0.05, 0) is 55.6 Å². The van der Waals surface area contributed by atoms with Gasteiger partial charge in [-0.25, -0.2) is 0 Å². The van der Waals surface area contributed by atoms with E-state index in [1.807, 2.05) is 16.3 Å². The number of carbonyl (C=O) groups is 1. The predicted octanol–water partition coefficient (Wildman–Crippen LogP) is 2.36. The van der Waals surface area contributed by atoms with Gasteiger partial charge in [-0.15, -0.1) is 11.3 Å². The highest BCUT2D eigenvalue weighted by Gasteiger charge is 2.37. The molecule has 0 bridgehead atoms. The maximum atomic E-state index is 12.6. The summed E-state index contributed by atoms with van der Waals surface area (Å²) >= 11 is 1.48. The average Bonchev–Trinajstić information content (AvgIpc) is 2.97. The molecule has 1 N–H and O–H groups in total. The van der Waals surface area contributed by atoms with Gasteiger partial charge >= 0.3 is 0 Å². The summed E-state index contributed by atoms with van der Waals surface area (Å²) in [5.74, 6) is 0.850. The normalized spacial score (nSPS) is 21.9. The van der Waals surface area contributed by atoms with Crippen molar-refractivity contribution >= 4 is 17.2 Å². The van der Waals surface area contributed by atoms with Crippen LogP contribution in [0.1, 0.15) is 35.4 Å². The molecule has 2 aliphatic rings. The molecule has 0 unspecified atom stereocenters. The lowest BCUT2D eigenvalue weighted by molar-refractivity contribution is 0.0497. The van der Waals surface area contributed by atoms with Crippen molar-refractivity contribution in [1.29, 1.82) is 0 Å². The summed E-state index contributed by atoms with van der Waals surface area (Å²) in [7, 11) is 1.62. The Balaban J connectivity index is 1.64. The van der Waals surface area contributed by atoms with Crippen LogP contribution in [-0.2, 0) is 0 Å². The van der Waals surface area contributed by atoms with Gasteiger partial charge in [-0.1, -0.05) is 0 Å². The van der Waals surface area contributed by atoms with Gasteiger partial charge in [0, 0.05) is 13.1 Å². The van der Waals surface area contributed by atoms with Crippen molar-refractivity contribution in [3.63, 3.8) is 0 Å². The van der Waals surface area contributed by atoms with E-state index in [0.717, 1.165) is 43.9 Å². The van der Waals surface area contributed by atoms with Gasteiger partial charge in [-0.2, -0.15) is 0 Å². The average molecular weight is 294 g/mol. The van der Waals surface area contributed by atoms with Crippen LogP contribution in [0.3, 0.4) is 0 Å². The van der Waals surface area contributed by atoms with Crippen molar-refractivity contribution in [2.24, 2.45) is 5.41 Å². The Kier molecular flexibility index (Phi) is 3.98. The first kappa shape index (κ1) is 13.9. The van der Waals surface area contributed by atoms with Gasteiger partial charge in [0.15, 0.2) is 0 Å². The lowest BCUT2D eigenvalue weighted by Crippen LogP contribution is -2.47. The van der Waals surface area contributed by atoms with Crippen LogP contribution in [0.25, 0.3) is 0 Å². The van der Waals surface area contributed by atoms with E-state index in [-0.39, 0.29) is 5.91 Å². The van der Waals surface area contributed by atoms with E-state index >= 15 is 0 Å². The highest BCUT2D eigenvalue weighted by atomic mass is 32.1. The fourth-order valence-corrected chi connectivity index (χ4v) is 4.22. The Labute approximate surface area is 124 Å².